The van der Waals surface area contributed by atoms with Gasteiger partial charge in [-0.1, -0.05) is 0 Å². The van der Waals surface area contributed by atoms with E-state index in [0.717, 1.165) is 11.4 Å². The van der Waals surface area contributed by atoms with Crippen LogP contribution in [-0.4, -0.2) is 37.9 Å². The number of hydrogen-bond acceptors (Lipinski definition) is 7. The number of hydrogen-bond donors (Lipinski definition) is 1. The molecule has 4 rings (SSSR count). The van der Waals surface area contributed by atoms with Crippen LogP contribution in [0.5, 0.6) is 11.6 Å². The predicted octanol–water partition coefficient (Wildman–Crippen LogP) is 3.53. The number of sulfonamides is 1. The van der Waals surface area contributed by atoms with Gasteiger partial charge in [-0.2, -0.15) is 15.2 Å². The van der Waals surface area contributed by atoms with Crippen molar-refractivity contribution >= 4 is 15.7 Å². The van der Waals surface area contributed by atoms with Crippen LogP contribution in [0, 0.1) is 34.6 Å². The zero-order chi connectivity index (χ0) is 23.9. The number of nitrogens with zero attached hydrogens (tertiary/aromatic N) is 6. The Morgan fingerprint density at radius 1 is 0.939 bits per heavy atom. The lowest BCUT2D eigenvalue weighted by Crippen LogP contribution is -2.14. The number of ether oxygens (including phenoxy) is 1. The largest absolute Gasteiger partial charge is 0.439 e. The van der Waals surface area contributed by atoms with Crippen LogP contribution in [0.25, 0.3) is 5.82 Å². The summed E-state index contributed by atoms with van der Waals surface area (Å²) in [5.74, 6) is 2.01. The van der Waals surface area contributed by atoms with E-state index in [4.69, 9.17) is 4.74 Å². The van der Waals surface area contributed by atoms with Gasteiger partial charge in [-0.25, -0.2) is 18.1 Å². The second-order valence-electron chi connectivity index (χ2n) is 7.81. The van der Waals surface area contributed by atoms with E-state index < -0.39 is 10.0 Å². The van der Waals surface area contributed by atoms with Gasteiger partial charge in [0.1, 0.15) is 16.5 Å². The molecule has 33 heavy (non-hydrogen) atoms. The molecule has 3 aromatic heterocycles. The number of benzene rings is 1. The Bertz CT molecular complexity index is 1440. The molecule has 3 heterocycles. The Kier molecular flexibility index (Phi) is 5.66. The molecule has 0 aliphatic carbocycles. The smallest absolute Gasteiger partial charge is 0.265 e. The first-order valence-electron chi connectivity index (χ1n) is 10.2. The van der Waals surface area contributed by atoms with Crippen LogP contribution in [-0.2, 0) is 17.1 Å². The van der Waals surface area contributed by atoms with E-state index in [1.807, 2.05) is 19.9 Å². The SMILES string of the molecule is Cc1cc(C)n(-c2cc(Oc3ccc(NS(=O)(=O)c4c(C)nn(C)c4C)cc3)nc(C)n2)n1. The molecule has 0 bridgehead atoms. The maximum atomic E-state index is 12.9. The molecule has 0 radical (unpaired) electrons. The third-order valence-electron chi connectivity index (χ3n) is 5.07. The minimum Gasteiger partial charge on any atom is -0.439 e. The number of anilines is 1. The highest BCUT2D eigenvalue weighted by molar-refractivity contribution is 7.92. The first kappa shape index (κ1) is 22.5. The Morgan fingerprint density at radius 2 is 1.64 bits per heavy atom. The van der Waals surface area contributed by atoms with Crippen molar-refractivity contribution in [2.24, 2.45) is 7.05 Å². The summed E-state index contributed by atoms with van der Waals surface area (Å²) in [5.41, 5.74) is 3.26. The second kappa shape index (κ2) is 8.32. The van der Waals surface area contributed by atoms with E-state index in [1.165, 1.54) is 0 Å². The zero-order valence-corrected chi connectivity index (χ0v) is 20.1. The summed E-state index contributed by atoms with van der Waals surface area (Å²) in [6.07, 6.45) is 0. The number of aromatic nitrogens is 6. The molecule has 1 N–H and O–H groups in total. The maximum Gasteiger partial charge on any atom is 0.265 e. The highest BCUT2D eigenvalue weighted by atomic mass is 32.2. The van der Waals surface area contributed by atoms with Gasteiger partial charge >= 0.3 is 0 Å². The zero-order valence-electron chi connectivity index (χ0n) is 19.3. The summed E-state index contributed by atoms with van der Waals surface area (Å²) >= 11 is 0. The molecule has 0 fully saturated rings. The van der Waals surface area contributed by atoms with E-state index >= 15 is 0 Å². The molecule has 10 nitrogen and oxygen atoms in total. The number of aryl methyl sites for hydroxylation is 5. The quantitative estimate of drug-likeness (QED) is 0.461. The van der Waals surface area contributed by atoms with Crippen molar-refractivity contribution in [1.82, 2.24) is 29.5 Å². The average Bonchev–Trinajstić information content (AvgIpc) is 3.19. The summed E-state index contributed by atoms with van der Waals surface area (Å²) < 4.78 is 37.5. The lowest BCUT2D eigenvalue weighted by Gasteiger charge is -2.11. The number of rotatable bonds is 6. The maximum absolute atomic E-state index is 12.9. The highest BCUT2D eigenvalue weighted by Crippen LogP contribution is 2.26. The van der Waals surface area contributed by atoms with Gasteiger partial charge in [0.15, 0.2) is 5.82 Å². The van der Waals surface area contributed by atoms with Crippen molar-refractivity contribution in [3.8, 4) is 17.4 Å². The minimum absolute atomic E-state index is 0.179. The lowest BCUT2D eigenvalue weighted by atomic mass is 10.3. The molecule has 0 amide bonds. The summed E-state index contributed by atoms with van der Waals surface area (Å²) in [5, 5.41) is 8.64. The third-order valence-corrected chi connectivity index (χ3v) is 6.70. The van der Waals surface area contributed by atoms with E-state index in [2.05, 4.69) is 24.9 Å². The van der Waals surface area contributed by atoms with E-state index in [0.29, 0.717) is 40.3 Å². The van der Waals surface area contributed by atoms with Crippen molar-refractivity contribution < 1.29 is 13.2 Å². The van der Waals surface area contributed by atoms with Gasteiger partial charge in [0, 0.05) is 24.5 Å². The molecular formula is C22H25N7O3S. The summed E-state index contributed by atoms with van der Waals surface area (Å²) in [6.45, 7) is 9.04. The van der Waals surface area contributed by atoms with Gasteiger partial charge in [0.2, 0.25) is 5.88 Å². The monoisotopic (exact) mass is 467 g/mol. The molecule has 0 aliphatic heterocycles. The van der Waals surface area contributed by atoms with E-state index in [9.17, 15) is 8.42 Å². The van der Waals surface area contributed by atoms with Crippen molar-refractivity contribution in [3.05, 3.63) is 65.0 Å². The Hall–Kier alpha value is -3.73. The molecule has 4 aromatic rings. The molecule has 11 heteroatoms. The van der Waals surface area contributed by atoms with Crippen LogP contribution >= 0.6 is 0 Å². The summed E-state index contributed by atoms with van der Waals surface area (Å²) in [6, 6.07) is 10.3. The van der Waals surface area contributed by atoms with Crippen LogP contribution in [0.2, 0.25) is 0 Å². The number of nitrogens with one attached hydrogen (secondary N) is 1. The normalized spacial score (nSPS) is 11.6. The molecular weight excluding hydrogens is 442 g/mol. The third kappa shape index (κ3) is 4.58. The molecule has 1 aromatic carbocycles. The fraction of sp³-hybridized carbons (Fsp3) is 0.273. The molecule has 0 saturated heterocycles. The van der Waals surface area contributed by atoms with Crippen LogP contribution in [0.3, 0.4) is 0 Å². The van der Waals surface area contributed by atoms with Crippen molar-refractivity contribution in [1.29, 1.82) is 0 Å². The average molecular weight is 468 g/mol. The topological polar surface area (TPSA) is 117 Å². The van der Waals surface area contributed by atoms with Crippen molar-refractivity contribution in [2.75, 3.05) is 4.72 Å². The van der Waals surface area contributed by atoms with Crippen molar-refractivity contribution in [3.63, 3.8) is 0 Å². The van der Waals surface area contributed by atoms with Gasteiger partial charge < -0.3 is 4.74 Å². The van der Waals surface area contributed by atoms with Gasteiger partial charge in [0.05, 0.1) is 17.1 Å². The summed E-state index contributed by atoms with van der Waals surface area (Å²) in [4.78, 5) is 8.96. The molecule has 0 atom stereocenters. The van der Waals surface area contributed by atoms with Crippen LogP contribution in [0.4, 0.5) is 5.69 Å². The van der Waals surface area contributed by atoms with Crippen LogP contribution in [0.15, 0.2) is 41.3 Å². The highest BCUT2D eigenvalue weighted by Gasteiger charge is 2.23. The van der Waals surface area contributed by atoms with Gasteiger partial charge in [-0.05, 0) is 65.0 Å². The standard InChI is InChI=1S/C22H25N7O3S/c1-13-11-14(2)29(25-13)20-12-21(24-17(5)23-20)32-19-9-7-18(8-10-19)27-33(30,31)22-15(3)26-28(6)16(22)4/h7-12,27H,1-6H3. The fourth-order valence-electron chi connectivity index (χ4n) is 3.61. The van der Waals surface area contributed by atoms with Crippen LogP contribution < -0.4 is 9.46 Å². The van der Waals surface area contributed by atoms with Gasteiger partial charge in [0.25, 0.3) is 10.0 Å². The van der Waals surface area contributed by atoms with E-state index in [-0.39, 0.29) is 4.90 Å². The Labute approximate surface area is 192 Å². The lowest BCUT2D eigenvalue weighted by molar-refractivity contribution is 0.459. The molecule has 0 unspecified atom stereocenters. The van der Waals surface area contributed by atoms with Gasteiger partial charge in [-0.3, -0.25) is 9.40 Å². The van der Waals surface area contributed by atoms with Crippen LogP contribution in [0.1, 0.15) is 28.6 Å². The molecule has 172 valence electrons. The summed E-state index contributed by atoms with van der Waals surface area (Å²) in [7, 11) is -2.06. The first-order valence-corrected chi connectivity index (χ1v) is 11.7. The predicted molar refractivity (Wildman–Crippen MR) is 123 cm³/mol. The molecule has 0 saturated carbocycles. The van der Waals surface area contributed by atoms with Gasteiger partial charge in [-0.15, -0.1) is 0 Å². The molecule has 0 spiro atoms. The van der Waals surface area contributed by atoms with E-state index in [1.54, 1.807) is 67.5 Å². The first-order chi connectivity index (χ1) is 15.5. The minimum atomic E-state index is -3.77. The Balaban J connectivity index is 1.54. The fourth-order valence-corrected chi connectivity index (χ4v) is 5.11. The second-order valence-corrected chi connectivity index (χ2v) is 9.43. The van der Waals surface area contributed by atoms with Crippen molar-refractivity contribution in [2.45, 2.75) is 39.5 Å². The Morgan fingerprint density at radius 3 is 2.21 bits per heavy atom. The molecule has 0 aliphatic rings.